The SMILES string of the molecule is CC(C)COc1ccc(CC(=O)N2CC(CN)CC2C)cc1.Cl. The van der Waals surface area contributed by atoms with Gasteiger partial charge in [-0.25, -0.2) is 0 Å². The van der Waals surface area contributed by atoms with Crippen molar-refractivity contribution in [3.8, 4) is 5.75 Å². The van der Waals surface area contributed by atoms with Crippen LogP contribution in [0.15, 0.2) is 24.3 Å². The van der Waals surface area contributed by atoms with Gasteiger partial charge in [0.25, 0.3) is 0 Å². The molecule has 4 nitrogen and oxygen atoms in total. The molecule has 0 radical (unpaired) electrons. The zero-order valence-corrected chi connectivity index (χ0v) is 15.1. The molecule has 0 spiro atoms. The van der Waals surface area contributed by atoms with E-state index in [4.69, 9.17) is 10.5 Å². The van der Waals surface area contributed by atoms with Crippen LogP contribution in [0.4, 0.5) is 0 Å². The van der Waals surface area contributed by atoms with E-state index in [2.05, 4.69) is 20.8 Å². The number of hydrogen-bond acceptors (Lipinski definition) is 3. The molecule has 1 aliphatic rings. The van der Waals surface area contributed by atoms with Crippen LogP contribution >= 0.6 is 12.4 Å². The smallest absolute Gasteiger partial charge is 0.227 e. The first-order chi connectivity index (χ1) is 10.5. The van der Waals surface area contributed by atoms with Crippen LogP contribution < -0.4 is 10.5 Å². The number of likely N-dealkylation sites (tertiary alicyclic amines) is 1. The van der Waals surface area contributed by atoms with Crippen LogP contribution in [0.3, 0.4) is 0 Å². The first-order valence-corrected chi connectivity index (χ1v) is 8.20. The van der Waals surface area contributed by atoms with Gasteiger partial charge in [0.05, 0.1) is 13.0 Å². The molecule has 2 N–H and O–H groups in total. The number of carbonyl (C=O) groups is 1. The summed E-state index contributed by atoms with van der Waals surface area (Å²) >= 11 is 0. The average Bonchev–Trinajstić information content (AvgIpc) is 2.87. The third-order valence-electron chi connectivity index (χ3n) is 4.18. The van der Waals surface area contributed by atoms with Gasteiger partial charge in [0, 0.05) is 12.6 Å². The Labute approximate surface area is 145 Å². The molecule has 0 saturated carbocycles. The maximum absolute atomic E-state index is 12.4. The first-order valence-electron chi connectivity index (χ1n) is 8.20. The second-order valence-corrected chi connectivity index (χ2v) is 6.76. The lowest BCUT2D eigenvalue weighted by molar-refractivity contribution is -0.131. The molecule has 2 atom stereocenters. The predicted molar refractivity (Wildman–Crippen MR) is 96.1 cm³/mol. The first kappa shape index (κ1) is 19.8. The summed E-state index contributed by atoms with van der Waals surface area (Å²) in [7, 11) is 0. The highest BCUT2D eigenvalue weighted by Gasteiger charge is 2.31. The standard InChI is InChI=1S/C18H28N2O2.ClH/c1-13(2)12-22-17-6-4-15(5-7-17)9-18(21)20-11-16(10-19)8-14(20)3;/h4-7,13-14,16H,8-12,19H2,1-3H3;1H. The third kappa shape index (κ3) is 5.70. The Morgan fingerprint density at radius 1 is 1.35 bits per heavy atom. The molecule has 0 bridgehead atoms. The topological polar surface area (TPSA) is 55.6 Å². The predicted octanol–water partition coefficient (Wildman–Crippen LogP) is 2.88. The highest BCUT2D eigenvalue weighted by atomic mass is 35.5. The van der Waals surface area contributed by atoms with Crippen molar-refractivity contribution in [3.05, 3.63) is 29.8 Å². The quantitative estimate of drug-likeness (QED) is 0.866. The minimum Gasteiger partial charge on any atom is -0.493 e. The molecule has 23 heavy (non-hydrogen) atoms. The Balaban J connectivity index is 0.00000264. The van der Waals surface area contributed by atoms with Crippen LogP contribution in [0.1, 0.15) is 32.8 Å². The number of ether oxygens (including phenoxy) is 1. The second kappa shape index (κ2) is 9.14. The molecule has 1 fully saturated rings. The van der Waals surface area contributed by atoms with E-state index >= 15 is 0 Å². The molecule has 1 amide bonds. The van der Waals surface area contributed by atoms with Gasteiger partial charge in [-0.2, -0.15) is 0 Å². The van der Waals surface area contributed by atoms with E-state index in [0.29, 0.717) is 37.5 Å². The summed E-state index contributed by atoms with van der Waals surface area (Å²) in [5.74, 6) is 2.01. The summed E-state index contributed by atoms with van der Waals surface area (Å²) in [4.78, 5) is 14.4. The largest absolute Gasteiger partial charge is 0.493 e. The minimum atomic E-state index is 0. The lowest BCUT2D eigenvalue weighted by Crippen LogP contribution is -2.35. The van der Waals surface area contributed by atoms with Gasteiger partial charge in [0.15, 0.2) is 0 Å². The molecule has 0 aliphatic carbocycles. The van der Waals surface area contributed by atoms with Crippen molar-refractivity contribution in [3.63, 3.8) is 0 Å². The molecule has 1 aromatic rings. The molecule has 130 valence electrons. The number of nitrogens with zero attached hydrogens (tertiary/aromatic N) is 1. The number of halogens is 1. The Morgan fingerprint density at radius 3 is 2.52 bits per heavy atom. The van der Waals surface area contributed by atoms with Gasteiger partial charge in [-0.15, -0.1) is 12.4 Å². The van der Waals surface area contributed by atoms with Crippen molar-refractivity contribution in [2.24, 2.45) is 17.6 Å². The highest BCUT2D eigenvalue weighted by molar-refractivity contribution is 5.85. The molecule has 1 aliphatic heterocycles. The fraction of sp³-hybridized carbons (Fsp3) is 0.611. The molecule has 1 aromatic carbocycles. The van der Waals surface area contributed by atoms with E-state index in [1.165, 1.54) is 0 Å². The summed E-state index contributed by atoms with van der Waals surface area (Å²) in [5, 5.41) is 0. The van der Waals surface area contributed by atoms with E-state index in [9.17, 15) is 4.79 Å². The Kier molecular flexibility index (Phi) is 7.86. The van der Waals surface area contributed by atoms with Crippen LogP contribution in [0.5, 0.6) is 5.75 Å². The fourth-order valence-electron chi connectivity index (χ4n) is 2.90. The monoisotopic (exact) mass is 340 g/mol. The van der Waals surface area contributed by atoms with Crippen LogP contribution in [-0.4, -0.2) is 36.5 Å². The van der Waals surface area contributed by atoms with E-state index in [1.54, 1.807) is 0 Å². The lowest BCUT2D eigenvalue weighted by atomic mass is 10.1. The van der Waals surface area contributed by atoms with E-state index < -0.39 is 0 Å². The van der Waals surface area contributed by atoms with Crippen molar-refractivity contribution in [1.82, 2.24) is 4.90 Å². The van der Waals surface area contributed by atoms with Crippen molar-refractivity contribution >= 4 is 18.3 Å². The Morgan fingerprint density at radius 2 is 2.00 bits per heavy atom. The number of carbonyl (C=O) groups excluding carboxylic acids is 1. The average molecular weight is 341 g/mol. The van der Waals surface area contributed by atoms with Crippen LogP contribution in [0, 0.1) is 11.8 Å². The van der Waals surface area contributed by atoms with Crippen molar-refractivity contribution in [2.75, 3.05) is 19.7 Å². The molecule has 2 rings (SSSR count). The molecule has 1 saturated heterocycles. The van der Waals surface area contributed by atoms with Crippen molar-refractivity contribution in [2.45, 2.75) is 39.7 Å². The Hall–Kier alpha value is -1.26. The number of amides is 1. The molecule has 0 aromatic heterocycles. The zero-order chi connectivity index (χ0) is 16.1. The molecule has 2 unspecified atom stereocenters. The van der Waals surface area contributed by atoms with Crippen molar-refractivity contribution in [1.29, 1.82) is 0 Å². The van der Waals surface area contributed by atoms with E-state index in [-0.39, 0.29) is 18.3 Å². The number of benzene rings is 1. The summed E-state index contributed by atoms with van der Waals surface area (Å²) < 4.78 is 5.66. The normalized spacial score (nSPS) is 20.5. The number of nitrogens with two attached hydrogens (primary N) is 1. The van der Waals surface area contributed by atoms with Gasteiger partial charge in [-0.05, 0) is 49.4 Å². The molecule has 5 heteroatoms. The summed E-state index contributed by atoms with van der Waals surface area (Å²) in [6.45, 7) is 8.53. The third-order valence-corrected chi connectivity index (χ3v) is 4.18. The molecule has 1 heterocycles. The van der Waals surface area contributed by atoms with Gasteiger partial charge in [-0.1, -0.05) is 26.0 Å². The molecular formula is C18H29ClN2O2. The van der Waals surface area contributed by atoms with Crippen LogP contribution in [0.2, 0.25) is 0 Å². The molecular weight excluding hydrogens is 312 g/mol. The van der Waals surface area contributed by atoms with Crippen LogP contribution in [-0.2, 0) is 11.2 Å². The maximum Gasteiger partial charge on any atom is 0.227 e. The summed E-state index contributed by atoms with van der Waals surface area (Å²) in [6.07, 6.45) is 1.47. The van der Waals surface area contributed by atoms with Gasteiger partial charge in [0.2, 0.25) is 5.91 Å². The van der Waals surface area contributed by atoms with E-state index in [0.717, 1.165) is 24.3 Å². The Bertz CT molecular complexity index is 490. The minimum absolute atomic E-state index is 0. The van der Waals surface area contributed by atoms with Gasteiger partial charge >= 0.3 is 0 Å². The summed E-state index contributed by atoms with van der Waals surface area (Å²) in [6, 6.07) is 8.15. The second-order valence-electron chi connectivity index (χ2n) is 6.76. The van der Waals surface area contributed by atoms with Gasteiger partial charge in [-0.3, -0.25) is 4.79 Å². The lowest BCUT2D eigenvalue weighted by Gasteiger charge is -2.21. The zero-order valence-electron chi connectivity index (χ0n) is 14.3. The maximum atomic E-state index is 12.4. The van der Waals surface area contributed by atoms with Gasteiger partial charge in [0.1, 0.15) is 5.75 Å². The van der Waals surface area contributed by atoms with Gasteiger partial charge < -0.3 is 15.4 Å². The van der Waals surface area contributed by atoms with E-state index in [1.807, 2.05) is 29.2 Å². The highest BCUT2D eigenvalue weighted by Crippen LogP contribution is 2.23. The number of hydrogen-bond donors (Lipinski definition) is 1. The fourth-order valence-corrected chi connectivity index (χ4v) is 2.90. The van der Waals surface area contributed by atoms with Crippen molar-refractivity contribution < 1.29 is 9.53 Å². The van der Waals surface area contributed by atoms with Crippen LogP contribution in [0.25, 0.3) is 0 Å². The summed E-state index contributed by atoms with van der Waals surface area (Å²) in [5.41, 5.74) is 6.76. The number of rotatable bonds is 6.